The van der Waals surface area contributed by atoms with E-state index < -0.39 is 0 Å². The van der Waals surface area contributed by atoms with Gasteiger partial charge in [0.25, 0.3) is 0 Å². The number of pyridine rings is 2. The highest BCUT2D eigenvalue weighted by atomic mass is 32.1. The summed E-state index contributed by atoms with van der Waals surface area (Å²) in [4.78, 5) is 14.1. The highest BCUT2D eigenvalue weighted by Gasteiger charge is 2.17. The van der Waals surface area contributed by atoms with Gasteiger partial charge >= 0.3 is 0 Å². The molecule has 0 N–H and O–H groups in total. The third-order valence-electron chi connectivity index (χ3n) is 10.2. The Balaban J connectivity index is 0.966. The minimum atomic E-state index is 1.11. The Bertz CT molecular complexity index is 2880. The van der Waals surface area contributed by atoms with E-state index in [-0.39, 0.29) is 0 Å². The Morgan fingerprint density at radius 3 is 1.26 bits per heavy atom. The van der Waals surface area contributed by atoms with Gasteiger partial charge in [0.05, 0.1) is 34.5 Å². The third kappa shape index (κ3) is 5.00. The Kier molecular flexibility index (Phi) is 7.05. The molecule has 53 heavy (non-hydrogen) atoms. The Hall–Kier alpha value is -6.12. The van der Waals surface area contributed by atoms with E-state index in [1.807, 2.05) is 36.1 Å². The lowest BCUT2D eigenvalue weighted by Crippen LogP contribution is -1.93. The van der Waals surface area contributed by atoms with Crippen molar-refractivity contribution < 1.29 is 0 Å². The molecule has 0 spiro atoms. The van der Waals surface area contributed by atoms with Gasteiger partial charge in [-0.3, -0.25) is 9.97 Å². The van der Waals surface area contributed by atoms with Crippen LogP contribution in [-0.4, -0.2) is 19.1 Å². The van der Waals surface area contributed by atoms with Crippen LogP contribution >= 0.6 is 34.0 Å². The van der Waals surface area contributed by atoms with Crippen molar-refractivity contribution >= 4 is 77.6 Å². The van der Waals surface area contributed by atoms with Gasteiger partial charge in [-0.25, -0.2) is 0 Å². The van der Waals surface area contributed by atoms with Crippen LogP contribution in [0.4, 0.5) is 0 Å². The molecule has 0 amide bonds. The molecule has 7 heteroatoms. The van der Waals surface area contributed by atoms with Gasteiger partial charge in [0.15, 0.2) is 0 Å². The fraction of sp³-hybridized carbons (Fsp3) is 0. The first-order valence-corrected chi connectivity index (χ1v) is 20.0. The smallest absolute Gasteiger partial charge is 0.0724 e. The lowest BCUT2D eigenvalue weighted by atomic mass is 10.1. The number of hydrogen-bond acceptors (Lipinski definition) is 5. The zero-order valence-electron chi connectivity index (χ0n) is 28.2. The number of hydrogen-bond donors (Lipinski definition) is 0. The fourth-order valence-electron chi connectivity index (χ4n) is 7.68. The maximum Gasteiger partial charge on any atom is 0.0724 e. The molecule has 11 aromatic rings. The van der Waals surface area contributed by atoms with Gasteiger partial charge < -0.3 is 9.13 Å². The number of fused-ring (bicyclic) bond motifs is 6. The van der Waals surface area contributed by atoms with Crippen LogP contribution in [0.5, 0.6) is 0 Å². The molecular weight excluding hydrogens is 705 g/mol. The maximum atomic E-state index is 4.52. The van der Waals surface area contributed by atoms with Crippen molar-refractivity contribution in [2.24, 2.45) is 0 Å². The van der Waals surface area contributed by atoms with E-state index in [9.17, 15) is 0 Å². The van der Waals surface area contributed by atoms with Gasteiger partial charge in [0.2, 0.25) is 0 Å². The van der Waals surface area contributed by atoms with E-state index in [4.69, 9.17) is 0 Å². The minimum Gasteiger partial charge on any atom is -0.308 e. The zero-order valence-corrected chi connectivity index (χ0v) is 30.6. The molecule has 4 nitrogen and oxygen atoms in total. The quantitative estimate of drug-likeness (QED) is 0.171. The summed E-state index contributed by atoms with van der Waals surface area (Å²) in [6.45, 7) is 0. The number of rotatable bonds is 6. The molecular formula is C46H28N4S3. The average Bonchev–Trinajstić information content (AvgIpc) is 4.07. The topological polar surface area (TPSA) is 35.6 Å². The molecule has 11 rings (SSSR count). The summed E-state index contributed by atoms with van der Waals surface area (Å²) >= 11 is 5.37. The first-order valence-electron chi connectivity index (χ1n) is 17.4. The highest BCUT2D eigenvalue weighted by Crippen LogP contribution is 2.41. The van der Waals surface area contributed by atoms with Crippen molar-refractivity contribution in [1.82, 2.24) is 19.1 Å². The summed E-state index contributed by atoms with van der Waals surface area (Å²) < 4.78 is 4.66. The average molecular weight is 733 g/mol. The Morgan fingerprint density at radius 1 is 0.377 bits per heavy atom. The molecule has 7 aromatic heterocycles. The molecule has 0 atom stereocenters. The monoisotopic (exact) mass is 732 g/mol. The van der Waals surface area contributed by atoms with Gasteiger partial charge in [0.1, 0.15) is 0 Å². The number of aromatic nitrogens is 4. The first-order chi connectivity index (χ1) is 26.3. The van der Waals surface area contributed by atoms with E-state index in [0.29, 0.717) is 0 Å². The molecule has 0 aliphatic carbocycles. The molecule has 0 aliphatic heterocycles. The minimum absolute atomic E-state index is 1.11. The second kappa shape index (κ2) is 12.2. The van der Waals surface area contributed by atoms with E-state index in [1.54, 1.807) is 22.7 Å². The zero-order chi connectivity index (χ0) is 34.9. The summed E-state index contributed by atoms with van der Waals surface area (Å²) in [6, 6.07) is 48.8. The van der Waals surface area contributed by atoms with Crippen LogP contribution < -0.4 is 0 Å². The molecule has 0 saturated carbocycles. The highest BCUT2D eigenvalue weighted by molar-refractivity contribution is 7.18. The summed E-state index contributed by atoms with van der Waals surface area (Å²) in [6.07, 6.45) is 7.75. The largest absolute Gasteiger partial charge is 0.308 e. The molecule has 0 fully saturated rings. The SMILES string of the molecule is c1csc(-c2ccc(-n3c4ccc(-c5ccc(-c6ccc7c(c6)c6ccncc6n7-c6ccc(-c7cccs7)cc6)s5)cc4c4ccncc43)cc2)c1. The Morgan fingerprint density at radius 2 is 0.830 bits per heavy atom. The molecule has 0 unspecified atom stereocenters. The first kappa shape index (κ1) is 30.5. The van der Waals surface area contributed by atoms with E-state index >= 15 is 0 Å². The predicted octanol–water partition coefficient (Wildman–Crippen LogP) is 13.5. The normalized spacial score (nSPS) is 11.8. The fourth-order valence-corrected chi connectivity index (χ4v) is 10.1. The molecule has 0 bridgehead atoms. The molecule has 4 aromatic carbocycles. The Labute approximate surface area is 317 Å². The summed E-state index contributed by atoms with van der Waals surface area (Å²) in [5.41, 5.74) is 11.7. The van der Waals surface area contributed by atoms with E-state index in [1.165, 1.54) is 74.3 Å². The summed E-state index contributed by atoms with van der Waals surface area (Å²) in [5.74, 6) is 0. The predicted molar refractivity (Wildman–Crippen MR) is 226 cm³/mol. The van der Waals surface area contributed by atoms with Crippen molar-refractivity contribution in [2.45, 2.75) is 0 Å². The maximum absolute atomic E-state index is 4.52. The van der Waals surface area contributed by atoms with Crippen molar-refractivity contribution in [3.8, 4) is 53.1 Å². The molecule has 0 aliphatic rings. The second-order valence-electron chi connectivity index (χ2n) is 13.1. The van der Waals surface area contributed by atoms with E-state index in [0.717, 1.165) is 22.4 Å². The van der Waals surface area contributed by atoms with Crippen LogP contribution in [0.3, 0.4) is 0 Å². The van der Waals surface area contributed by atoms with Gasteiger partial charge in [-0.05, 0) is 118 Å². The lowest BCUT2D eigenvalue weighted by molar-refractivity contribution is 1.17. The van der Waals surface area contributed by atoms with E-state index in [2.05, 4.69) is 163 Å². The van der Waals surface area contributed by atoms with Gasteiger partial charge in [0, 0.05) is 64.8 Å². The van der Waals surface area contributed by atoms with Crippen molar-refractivity contribution in [3.05, 3.63) is 169 Å². The standard InChI is InChI=1S/C46H28N4S3/c1-3-43(51-23-1)29-5-11-33(12-6-29)49-39-15-9-31(25-37(39)35-19-21-47-27-41(35)49)45-17-18-46(53-45)32-10-16-40-38(26-32)36-20-22-48-28-42(36)50(40)34-13-7-30(8-14-34)44-4-2-24-52-44/h1-28H. The van der Waals surface area contributed by atoms with Crippen LogP contribution in [-0.2, 0) is 0 Å². The van der Waals surface area contributed by atoms with Gasteiger partial charge in [-0.2, -0.15) is 0 Å². The second-order valence-corrected chi connectivity index (χ2v) is 16.1. The molecule has 7 heterocycles. The van der Waals surface area contributed by atoms with Crippen molar-refractivity contribution in [3.63, 3.8) is 0 Å². The summed E-state index contributed by atoms with van der Waals surface area (Å²) in [5, 5.41) is 9.10. The van der Waals surface area contributed by atoms with Crippen LogP contribution in [0, 0.1) is 0 Å². The molecule has 0 radical (unpaired) electrons. The summed E-state index contributed by atoms with van der Waals surface area (Å²) in [7, 11) is 0. The number of benzene rings is 4. The van der Waals surface area contributed by atoms with Crippen LogP contribution in [0.25, 0.3) is 96.7 Å². The lowest BCUT2D eigenvalue weighted by Gasteiger charge is -2.09. The molecule has 0 saturated heterocycles. The number of nitrogens with zero attached hydrogens (tertiary/aromatic N) is 4. The van der Waals surface area contributed by atoms with Crippen molar-refractivity contribution in [1.29, 1.82) is 0 Å². The third-order valence-corrected chi connectivity index (χ3v) is 13.2. The van der Waals surface area contributed by atoms with Crippen LogP contribution in [0.15, 0.2) is 169 Å². The molecule has 250 valence electrons. The van der Waals surface area contributed by atoms with Crippen LogP contribution in [0.1, 0.15) is 0 Å². The van der Waals surface area contributed by atoms with Gasteiger partial charge in [-0.15, -0.1) is 34.0 Å². The van der Waals surface area contributed by atoms with Crippen LogP contribution in [0.2, 0.25) is 0 Å². The van der Waals surface area contributed by atoms with Crippen molar-refractivity contribution in [2.75, 3.05) is 0 Å². The number of thiophene rings is 3. The van der Waals surface area contributed by atoms with Gasteiger partial charge in [-0.1, -0.05) is 48.5 Å².